The van der Waals surface area contributed by atoms with Crippen molar-refractivity contribution in [3.8, 4) is 11.3 Å². The van der Waals surface area contributed by atoms with E-state index in [2.05, 4.69) is 92.8 Å². The minimum Gasteiger partial charge on any atom is -0.347 e. The minimum absolute atomic E-state index is 0.0993. The van der Waals surface area contributed by atoms with E-state index in [1.54, 1.807) is 11.3 Å². The van der Waals surface area contributed by atoms with Gasteiger partial charge in [0.2, 0.25) is 0 Å². The Kier molecular flexibility index (Phi) is 5.38. The van der Waals surface area contributed by atoms with Gasteiger partial charge in [-0.25, -0.2) is 4.98 Å². The number of hydrogen-bond donors (Lipinski definition) is 1. The Bertz CT molecular complexity index is 1740. The monoisotopic (exact) mass is 489 g/mol. The van der Waals surface area contributed by atoms with Crippen molar-refractivity contribution in [3.05, 3.63) is 108 Å². The summed E-state index contributed by atoms with van der Waals surface area (Å²) in [6, 6.07) is 29.1. The minimum atomic E-state index is -0.140. The molecule has 1 amide bonds. The van der Waals surface area contributed by atoms with Crippen LogP contribution in [0, 0.1) is 0 Å². The Labute approximate surface area is 214 Å². The van der Waals surface area contributed by atoms with Crippen LogP contribution in [0.2, 0.25) is 0 Å². The molecule has 3 aromatic carbocycles. The van der Waals surface area contributed by atoms with Crippen LogP contribution in [0.4, 0.5) is 0 Å². The van der Waals surface area contributed by atoms with E-state index in [4.69, 9.17) is 4.98 Å². The molecule has 6 rings (SSSR count). The van der Waals surface area contributed by atoms with E-state index in [-0.39, 0.29) is 11.3 Å². The van der Waals surface area contributed by atoms with Gasteiger partial charge >= 0.3 is 0 Å². The Hall–Kier alpha value is -3.96. The number of aromatic nitrogens is 2. The van der Waals surface area contributed by atoms with Gasteiger partial charge in [0.1, 0.15) is 17.0 Å². The largest absolute Gasteiger partial charge is 0.347 e. The van der Waals surface area contributed by atoms with Crippen LogP contribution in [0.25, 0.3) is 37.1 Å². The van der Waals surface area contributed by atoms with Crippen molar-refractivity contribution in [2.45, 2.75) is 32.7 Å². The molecule has 0 aliphatic carbocycles. The summed E-state index contributed by atoms with van der Waals surface area (Å²) in [6.07, 6.45) is 1.90. The summed E-state index contributed by atoms with van der Waals surface area (Å²) in [4.78, 5) is 18.4. The first kappa shape index (κ1) is 22.5. The molecule has 0 spiro atoms. The Morgan fingerprint density at radius 2 is 1.64 bits per heavy atom. The van der Waals surface area contributed by atoms with Crippen LogP contribution in [0.15, 0.2) is 91.1 Å². The van der Waals surface area contributed by atoms with Gasteiger partial charge < -0.3 is 5.32 Å². The van der Waals surface area contributed by atoms with Crippen molar-refractivity contribution in [2.24, 2.45) is 0 Å². The van der Waals surface area contributed by atoms with Crippen LogP contribution in [0.5, 0.6) is 0 Å². The summed E-state index contributed by atoms with van der Waals surface area (Å²) in [6.45, 7) is 7.06. The molecule has 0 saturated heterocycles. The van der Waals surface area contributed by atoms with Crippen LogP contribution in [0.1, 0.15) is 42.4 Å². The Morgan fingerprint density at radius 1 is 0.889 bits per heavy atom. The fourth-order valence-corrected chi connectivity index (χ4v) is 5.76. The Balaban J connectivity index is 1.37. The zero-order valence-corrected chi connectivity index (χ0v) is 21.4. The Morgan fingerprint density at radius 3 is 2.44 bits per heavy atom. The average Bonchev–Trinajstić information content (AvgIpc) is 3.45. The number of fused-ring (bicyclic) bond motifs is 4. The topological polar surface area (TPSA) is 46.4 Å². The molecule has 3 aromatic heterocycles. The van der Waals surface area contributed by atoms with Gasteiger partial charge in [-0.1, -0.05) is 75.4 Å². The molecule has 0 radical (unpaired) electrons. The number of rotatable bonds is 4. The lowest BCUT2D eigenvalue weighted by atomic mass is 9.87. The number of hydrogen-bond acceptors (Lipinski definition) is 3. The zero-order valence-electron chi connectivity index (χ0n) is 20.6. The normalized spacial score (nSPS) is 12.0. The highest BCUT2D eigenvalue weighted by Crippen LogP contribution is 2.37. The third-order valence-electron chi connectivity index (χ3n) is 6.67. The van der Waals surface area contributed by atoms with Gasteiger partial charge in [-0.2, -0.15) is 0 Å². The van der Waals surface area contributed by atoms with Crippen molar-refractivity contribution < 1.29 is 4.79 Å². The molecule has 6 aromatic rings. The molecule has 4 nitrogen and oxygen atoms in total. The number of pyridine rings is 1. The van der Waals surface area contributed by atoms with Gasteiger partial charge in [0.15, 0.2) is 0 Å². The van der Waals surface area contributed by atoms with Crippen LogP contribution in [-0.2, 0) is 12.0 Å². The summed E-state index contributed by atoms with van der Waals surface area (Å²) < 4.78 is 4.37. The summed E-state index contributed by atoms with van der Waals surface area (Å²) >= 11 is 1.78. The smallest absolute Gasteiger partial charge is 0.270 e. The fraction of sp³-hybridized carbons (Fsp3) is 0.161. The average molecular weight is 490 g/mol. The molecular weight excluding hydrogens is 462 g/mol. The highest BCUT2D eigenvalue weighted by Gasteiger charge is 2.21. The number of amides is 1. The molecule has 0 saturated carbocycles. The van der Waals surface area contributed by atoms with Crippen LogP contribution in [0.3, 0.4) is 0 Å². The predicted molar refractivity (Wildman–Crippen MR) is 150 cm³/mol. The molecule has 1 N–H and O–H groups in total. The second kappa shape index (κ2) is 8.61. The van der Waals surface area contributed by atoms with Crippen LogP contribution >= 0.6 is 11.3 Å². The summed E-state index contributed by atoms with van der Waals surface area (Å²) in [5, 5.41) is 5.55. The first-order valence-corrected chi connectivity index (χ1v) is 13.0. The van der Waals surface area contributed by atoms with Gasteiger partial charge in [-0.15, -0.1) is 11.3 Å². The van der Waals surface area contributed by atoms with E-state index in [9.17, 15) is 4.79 Å². The summed E-state index contributed by atoms with van der Waals surface area (Å²) in [5.74, 6) is -0.140. The number of imidazole rings is 1. The summed E-state index contributed by atoms with van der Waals surface area (Å²) in [7, 11) is 0. The lowest BCUT2D eigenvalue weighted by Crippen LogP contribution is -2.25. The second-order valence-corrected chi connectivity index (χ2v) is 11.3. The number of carbonyl (C=O) groups is 1. The maximum absolute atomic E-state index is 13.6. The number of benzene rings is 3. The van der Waals surface area contributed by atoms with Crippen LogP contribution < -0.4 is 5.32 Å². The van der Waals surface area contributed by atoms with E-state index in [0.29, 0.717) is 17.9 Å². The highest BCUT2D eigenvalue weighted by molar-refractivity contribution is 7.25. The molecule has 0 aliphatic rings. The van der Waals surface area contributed by atoms with E-state index in [0.717, 1.165) is 16.8 Å². The molecule has 3 heterocycles. The maximum atomic E-state index is 13.6. The molecule has 5 heteroatoms. The highest BCUT2D eigenvalue weighted by atomic mass is 32.1. The van der Waals surface area contributed by atoms with E-state index in [1.807, 2.05) is 28.8 Å². The second-order valence-electron chi connectivity index (χ2n) is 10.2. The molecule has 178 valence electrons. The summed E-state index contributed by atoms with van der Waals surface area (Å²) in [5.41, 5.74) is 5.38. The third-order valence-corrected chi connectivity index (χ3v) is 7.82. The third kappa shape index (κ3) is 3.95. The van der Waals surface area contributed by atoms with E-state index < -0.39 is 0 Å². The van der Waals surface area contributed by atoms with Crippen molar-refractivity contribution in [1.29, 1.82) is 0 Å². The lowest BCUT2D eigenvalue weighted by molar-refractivity contribution is 0.0945. The number of carbonyl (C=O) groups excluding carboxylic acids is 1. The lowest BCUT2D eigenvalue weighted by Gasteiger charge is -2.19. The van der Waals surface area contributed by atoms with Crippen LogP contribution in [-0.4, -0.2) is 15.3 Å². The van der Waals surface area contributed by atoms with Gasteiger partial charge in [0.05, 0.1) is 0 Å². The number of nitrogens with one attached hydrogen (secondary N) is 1. The quantitative estimate of drug-likeness (QED) is 0.277. The van der Waals surface area contributed by atoms with Crippen molar-refractivity contribution >= 4 is 43.1 Å². The van der Waals surface area contributed by atoms with Gasteiger partial charge in [0.25, 0.3) is 5.91 Å². The van der Waals surface area contributed by atoms with Crippen molar-refractivity contribution in [1.82, 2.24) is 14.7 Å². The standard InChI is InChI=1S/C31H27N3OS/c1-31(2,3)22-14-11-20(12-15-22)19-32-30(35)29-28(33-27-10-6-7-17-34(27)29)21-13-16-26-24(18-21)23-8-4-5-9-25(23)36-26/h4-18H,19H2,1-3H3,(H,32,35). The van der Waals surface area contributed by atoms with Gasteiger partial charge in [-0.3, -0.25) is 9.20 Å². The van der Waals surface area contributed by atoms with E-state index in [1.165, 1.54) is 25.7 Å². The van der Waals surface area contributed by atoms with Crippen molar-refractivity contribution in [3.63, 3.8) is 0 Å². The SMILES string of the molecule is CC(C)(C)c1ccc(CNC(=O)c2c(-c3ccc4sc5ccccc5c4c3)nc3ccccn23)cc1. The molecule has 0 aliphatic heterocycles. The zero-order chi connectivity index (χ0) is 24.9. The molecule has 36 heavy (non-hydrogen) atoms. The molecule has 0 fully saturated rings. The van der Waals surface area contributed by atoms with Gasteiger partial charge in [0, 0.05) is 38.5 Å². The fourth-order valence-electron chi connectivity index (χ4n) is 4.68. The molecule has 0 unspecified atom stereocenters. The molecule has 0 atom stereocenters. The number of nitrogens with zero attached hydrogens (tertiary/aromatic N) is 2. The predicted octanol–water partition coefficient (Wildman–Crippen LogP) is 7.60. The molecule has 0 bridgehead atoms. The molecular formula is C31H27N3OS. The van der Waals surface area contributed by atoms with Gasteiger partial charge in [-0.05, 0) is 46.9 Å². The van der Waals surface area contributed by atoms with Crippen molar-refractivity contribution in [2.75, 3.05) is 0 Å². The maximum Gasteiger partial charge on any atom is 0.270 e. The number of thiophene rings is 1. The first-order chi connectivity index (χ1) is 17.4. The van der Waals surface area contributed by atoms with E-state index >= 15 is 0 Å². The first-order valence-electron chi connectivity index (χ1n) is 12.1.